The normalized spacial score (nSPS) is 10.6. The third kappa shape index (κ3) is 3.55. The molecule has 4 N–H and O–H groups in total. The van der Waals surface area contributed by atoms with Crippen LogP contribution >= 0.6 is 0 Å². The molecule has 82 valence electrons. The number of carbonyl (C=O) groups is 1. The van der Waals surface area contributed by atoms with Gasteiger partial charge in [0.1, 0.15) is 5.82 Å². The number of primary amides is 1. The summed E-state index contributed by atoms with van der Waals surface area (Å²) in [7, 11) is 1.72. The predicted molar refractivity (Wildman–Crippen MR) is 56.3 cm³/mol. The van der Waals surface area contributed by atoms with Crippen LogP contribution in [0.25, 0.3) is 0 Å². The molecule has 0 fully saturated rings. The summed E-state index contributed by atoms with van der Waals surface area (Å²) in [6.07, 6.45) is 0. The minimum atomic E-state index is -0.424. The number of benzene rings is 1. The van der Waals surface area contributed by atoms with Gasteiger partial charge in [-0.25, -0.2) is 4.39 Å². The second-order valence-corrected chi connectivity index (χ2v) is 3.48. The van der Waals surface area contributed by atoms with Crippen LogP contribution in [0.4, 0.5) is 10.1 Å². The van der Waals surface area contributed by atoms with Crippen molar-refractivity contribution in [3.63, 3.8) is 0 Å². The summed E-state index contributed by atoms with van der Waals surface area (Å²) in [6.45, 7) is 0.516. The lowest BCUT2D eigenvalue weighted by atomic mass is 10.1. The smallest absolute Gasteiger partial charge is 0.231 e. The lowest BCUT2D eigenvalue weighted by Crippen LogP contribution is -2.30. The summed E-state index contributed by atoms with van der Waals surface area (Å²) in [4.78, 5) is 12.3. The number of likely N-dealkylation sites (N-methyl/N-ethyl adjacent to an activating group) is 1. The Kier molecular flexibility index (Phi) is 3.62. The first-order valence-corrected chi connectivity index (χ1v) is 4.50. The van der Waals surface area contributed by atoms with Crippen molar-refractivity contribution in [1.29, 1.82) is 0 Å². The topological polar surface area (TPSA) is 72.3 Å². The van der Waals surface area contributed by atoms with Gasteiger partial charge in [0.2, 0.25) is 5.91 Å². The maximum absolute atomic E-state index is 12.9. The highest BCUT2D eigenvalue weighted by Gasteiger charge is 2.07. The highest BCUT2D eigenvalue weighted by molar-refractivity contribution is 5.75. The molecule has 1 amide bonds. The van der Waals surface area contributed by atoms with E-state index in [1.54, 1.807) is 11.9 Å². The maximum Gasteiger partial charge on any atom is 0.231 e. The molecule has 0 heterocycles. The number of hydrogen-bond donors (Lipinski definition) is 2. The van der Waals surface area contributed by atoms with Gasteiger partial charge in [-0.15, -0.1) is 0 Å². The number of amides is 1. The van der Waals surface area contributed by atoms with Crippen molar-refractivity contribution < 1.29 is 9.18 Å². The summed E-state index contributed by atoms with van der Waals surface area (Å²) in [5.74, 6) is -0.765. The van der Waals surface area contributed by atoms with Crippen molar-refractivity contribution in [3.8, 4) is 0 Å². The number of nitrogens with two attached hydrogens (primary N) is 2. The van der Waals surface area contributed by atoms with E-state index in [9.17, 15) is 9.18 Å². The van der Waals surface area contributed by atoms with Crippen molar-refractivity contribution in [2.24, 2.45) is 5.73 Å². The van der Waals surface area contributed by atoms with Crippen molar-refractivity contribution in [2.45, 2.75) is 6.54 Å². The molecule has 15 heavy (non-hydrogen) atoms. The minimum Gasteiger partial charge on any atom is -0.398 e. The number of carbonyl (C=O) groups excluding carboxylic acids is 1. The monoisotopic (exact) mass is 211 g/mol. The van der Waals surface area contributed by atoms with E-state index < -0.39 is 5.91 Å². The van der Waals surface area contributed by atoms with Crippen molar-refractivity contribution >= 4 is 11.6 Å². The molecule has 4 nitrogen and oxygen atoms in total. The largest absolute Gasteiger partial charge is 0.398 e. The molecule has 0 atom stereocenters. The van der Waals surface area contributed by atoms with Gasteiger partial charge in [0, 0.05) is 12.2 Å². The highest BCUT2D eigenvalue weighted by atomic mass is 19.1. The molecule has 0 aromatic heterocycles. The van der Waals surface area contributed by atoms with E-state index in [2.05, 4.69) is 0 Å². The van der Waals surface area contributed by atoms with Crippen LogP contribution < -0.4 is 11.5 Å². The van der Waals surface area contributed by atoms with E-state index in [0.717, 1.165) is 0 Å². The second-order valence-electron chi connectivity index (χ2n) is 3.48. The van der Waals surface area contributed by atoms with E-state index in [0.29, 0.717) is 17.8 Å². The van der Waals surface area contributed by atoms with Crippen LogP contribution in [0.15, 0.2) is 18.2 Å². The van der Waals surface area contributed by atoms with Gasteiger partial charge in [-0.2, -0.15) is 0 Å². The van der Waals surface area contributed by atoms with Crippen LogP contribution in [0.5, 0.6) is 0 Å². The quantitative estimate of drug-likeness (QED) is 0.705. The van der Waals surface area contributed by atoms with Crippen molar-refractivity contribution in [3.05, 3.63) is 29.6 Å². The molecule has 0 aliphatic heterocycles. The van der Waals surface area contributed by atoms with Gasteiger partial charge < -0.3 is 11.5 Å². The van der Waals surface area contributed by atoms with E-state index in [-0.39, 0.29) is 12.4 Å². The molecule has 0 bridgehead atoms. The molecule has 0 aliphatic carbocycles. The summed E-state index contributed by atoms with van der Waals surface area (Å²) < 4.78 is 12.9. The van der Waals surface area contributed by atoms with Crippen LogP contribution in [0.2, 0.25) is 0 Å². The fraction of sp³-hybridized carbons (Fsp3) is 0.300. The number of rotatable bonds is 4. The Morgan fingerprint density at radius 3 is 2.80 bits per heavy atom. The van der Waals surface area contributed by atoms with Gasteiger partial charge in [-0.05, 0) is 30.8 Å². The zero-order valence-corrected chi connectivity index (χ0v) is 8.53. The van der Waals surface area contributed by atoms with Gasteiger partial charge in [-0.3, -0.25) is 9.69 Å². The minimum absolute atomic E-state index is 0.121. The van der Waals surface area contributed by atoms with Crippen molar-refractivity contribution in [2.75, 3.05) is 19.3 Å². The third-order valence-electron chi connectivity index (χ3n) is 1.97. The third-order valence-corrected chi connectivity index (χ3v) is 1.97. The van der Waals surface area contributed by atoms with Crippen LogP contribution in [-0.2, 0) is 11.3 Å². The standard InChI is InChI=1S/C10H14FN3O/c1-14(6-10(13)15)5-7-4-8(11)2-3-9(7)12/h2-4H,5-6,12H2,1H3,(H2,13,15). The van der Waals surface area contributed by atoms with E-state index in [1.807, 2.05) is 0 Å². The summed E-state index contributed by atoms with van der Waals surface area (Å²) in [6, 6.07) is 4.16. The number of nitrogen functional groups attached to an aromatic ring is 1. The van der Waals surface area contributed by atoms with Crippen LogP contribution in [0.3, 0.4) is 0 Å². The first-order valence-electron chi connectivity index (χ1n) is 4.50. The van der Waals surface area contributed by atoms with Gasteiger partial charge in [0.05, 0.1) is 6.54 Å². The average molecular weight is 211 g/mol. The lowest BCUT2D eigenvalue weighted by molar-refractivity contribution is -0.118. The fourth-order valence-corrected chi connectivity index (χ4v) is 1.32. The molecule has 0 saturated carbocycles. The Balaban J connectivity index is 2.71. The average Bonchev–Trinajstić information content (AvgIpc) is 2.10. The fourth-order valence-electron chi connectivity index (χ4n) is 1.32. The maximum atomic E-state index is 12.9. The molecular weight excluding hydrogens is 197 g/mol. The van der Waals surface area contributed by atoms with Gasteiger partial charge in [0.25, 0.3) is 0 Å². The van der Waals surface area contributed by atoms with Gasteiger partial charge >= 0.3 is 0 Å². The summed E-state index contributed by atoms with van der Waals surface area (Å²) in [5.41, 5.74) is 11.8. The second kappa shape index (κ2) is 4.75. The Hall–Kier alpha value is -1.62. The lowest BCUT2D eigenvalue weighted by Gasteiger charge is -2.15. The number of anilines is 1. The van der Waals surface area contributed by atoms with Gasteiger partial charge in [-0.1, -0.05) is 0 Å². The molecule has 0 spiro atoms. The molecule has 5 heteroatoms. The first kappa shape index (κ1) is 11.5. The van der Waals surface area contributed by atoms with Crippen LogP contribution in [0, 0.1) is 5.82 Å². The molecule has 0 aliphatic rings. The molecular formula is C10H14FN3O. The number of halogens is 1. The molecule has 1 aromatic carbocycles. The Bertz CT molecular complexity index is 368. The highest BCUT2D eigenvalue weighted by Crippen LogP contribution is 2.14. The summed E-state index contributed by atoms with van der Waals surface area (Å²) in [5, 5.41) is 0. The van der Waals surface area contributed by atoms with E-state index in [4.69, 9.17) is 11.5 Å². The molecule has 1 rings (SSSR count). The summed E-state index contributed by atoms with van der Waals surface area (Å²) >= 11 is 0. The Morgan fingerprint density at radius 2 is 2.20 bits per heavy atom. The van der Waals surface area contributed by atoms with Crippen LogP contribution in [0.1, 0.15) is 5.56 Å². The van der Waals surface area contributed by atoms with Gasteiger partial charge in [0.15, 0.2) is 0 Å². The Labute approximate surface area is 87.7 Å². The van der Waals surface area contributed by atoms with Crippen molar-refractivity contribution in [1.82, 2.24) is 4.90 Å². The Morgan fingerprint density at radius 1 is 1.53 bits per heavy atom. The molecule has 0 radical (unpaired) electrons. The molecule has 1 aromatic rings. The zero-order valence-electron chi connectivity index (χ0n) is 8.53. The zero-order chi connectivity index (χ0) is 11.4. The molecule has 0 unspecified atom stereocenters. The van der Waals surface area contributed by atoms with E-state index >= 15 is 0 Å². The number of hydrogen-bond acceptors (Lipinski definition) is 3. The predicted octanol–water partition coefficient (Wildman–Crippen LogP) is 0.325. The van der Waals surface area contributed by atoms with E-state index in [1.165, 1.54) is 18.2 Å². The first-order chi connectivity index (χ1) is 6.99. The molecule has 0 saturated heterocycles. The number of nitrogens with zero attached hydrogens (tertiary/aromatic N) is 1. The van der Waals surface area contributed by atoms with Crippen LogP contribution in [-0.4, -0.2) is 24.4 Å². The SMILES string of the molecule is CN(CC(N)=O)Cc1cc(F)ccc1N.